The van der Waals surface area contributed by atoms with Crippen LogP contribution in [0, 0.1) is 0 Å². The van der Waals surface area contributed by atoms with Crippen molar-refractivity contribution >= 4 is 0 Å². The van der Waals surface area contributed by atoms with Gasteiger partial charge in [-0.2, -0.15) is 0 Å². The van der Waals surface area contributed by atoms with Crippen molar-refractivity contribution < 1.29 is 47.7 Å². The van der Waals surface area contributed by atoms with E-state index in [2.05, 4.69) is 6.92 Å². The first-order chi connectivity index (χ1) is 32.4. The Hall–Kier alpha value is -4.30. The molecule has 2 saturated heterocycles. The second kappa shape index (κ2) is 26.3. The van der Waals surface area contributed by atoms with Crippen LogP contribution in [0.4, 0.5) is 0 Å². The van der Waals surface area contributed by atoms with Crippen molar-refractivity contribution in [2.75, 3.05) is 13.2 Å². The minimum Gasteiger partial charge on any atom is -0.384 e. The molecule has 66 heavy (non-hydrogen) atoms. The second-order valence-corrected chi connectivity index (χ2v) is 17.7. The lowest BCUT2D eigenvalue weighted by Gasteiger charge is -2.52. The molecular formula is C56H70O10. The molecular weight excluding hydrogens is 833 g/mol. The van der Waals surface area contributed by atoms with Crippen molar-refractivity contribution in [2.24, 2.45) is 0 Å². The molecule has 7 rings (SSSR count). The Morgan fingerprint density at radius 3 is 1.42 bits per heavy atom. The van der Waals surface area contributed by atoms with Crippen LogP contribution < -0.4 is 0 Å². The van der Waals surface area contributed by atoms with Crippen LogP contribution in [-0.4, -0.2) is 79.2 Å². The summed E-state index contributed by atoms with van der Waals surface area (Å²) in [5.74, 6) is 0. The van der Waals surface area contributed by atoms with Gasteiger partial charge in [0.25, 0.3) is 0 Å². The number of aliphatic hydroxyl groups is 1. The van der Waals surface area contributed by atoms with E-state index in [-0.39, 0.29) is 19.8 Å². The van der Waals surface area contributed by atoms with E-state index in [1.54, 1.807) is 6.92 Å². The standard InChI is InChI=1S/C56H70O10/c1-4-5-6-7-8-24-35-59-55-53(56(3,57)52(63-40-47-33-22-13-23-34-47)48(65-55)41-58-36-43-25-14-9-15-26-43)66-54-51(62-39-46-31-20-12-21-32-46)50(61-38-45-29-18-11-19-30-45)49(42(2)64-54)60-37-44-27-16-10-17-28-44/h9-23,25-34,42,48-55,57H,4-8,24,35-41H2,1-3H3/t42-,48+,49+,50+,51-,52-,53-,54-,55+,56-/m0/s1. The van der Waals surface area contributed by atoms with Gasteiger partial charge in [0, 0.05) is 6.61 Å². The van der Waals surface area contributed by atoms with E-state index < -0.39 is 60.9 Å². The molecule has 0 unspecified atom stereocenters. The zero-order chi connectivity index (χ0) is 45.8. The molecule has 0 saturated carbocycles. The average Bonchev–Trinajstić information content (AvgIpc) is 3.34. The number of ether oxygens (including phenoxy) is 9. The molecule has 10 heteroatoms. The lowest BCUT2D eigenvalue weighted by atomic mass is 9.85. The molecule has 0 amide bonds. The fourth-order valence-corrected chi connectivity index (χ4v) is 8.69. The lowest BCUT2D eigenvalue weighted by Crippen LogP contribution is -2.70. The third kappa shape index (κ3) is 14.6. The smallest absolute Gasteiger partial charge is 0.187 e. The quantitative estimate of drug-likeness (QED) is 0.0540. The summed E-state index contributed by atoms with van der Waals surface area (Å²) in [6.45, 7) is 7.96. The van der Waals surface area contributed by atoms with E-state index in [1.807, 2.05) is 159 Å². The highest BCUT2D eigenvalue weighted by atomic mass is 16.8. The van der Waals surface area contributed by atoms with Gasteiger partial charge in [-0.25, -0.2) is 0 Å². The molecule has 0 aliphatic carbocycles. The highest BCUT2D eigenvalue weighted by Gasteiger charge is 2.58. The fraction of sp³-hybridized carbons (Fsp3) is 0.464. The zero-order valence-electron chi connectivity index (χ0n) is 38.9. The SMILES string of the molecule is CCCCCCCCO[C@@H]1O[C@H](COCc2ccccc2)[C@H](OCc2ccccc2)[C@](C)(O)[C@H]1O[C@@H]1O[C@@H](C)[C@@H](OCc2ccccc2)[C@@H](OCc2ccccc2)[C@@H]1OCc1ccccc1. The third-order valence-corrected chi connectivity index (χ3v) is 12.4. The van der Waals surface area contributed by atoms with Crippen molar-refractivity contribution in [3.05, 3.63) is 179 Å². The van der Waals surface area contributed by atoms with Gasteiger partial charge in [0.2, 0.25) is 0 Å². The Kier molecular flexibility index (Phi) is 19.8. The molecule has 2 aliphatic rings. The summed E-state index contributed by atoms with van der Waals surface area (Å²) in [7, 11) is 0. The maximum absolute atomic E-state index is 13.1. The van der Waals surface area contributed by atoms with Gasteiger partial charge in [-0.3, -0.25) is 0 Å². The summed E-state index contributed by atoms with van der Waals surface area (Å²) in [6, 6.07) is 50.0. The van der Waals surface area contributed by atoms with Crippen LogP contribution in [0.3, 0.4) is 0 Å². The van der Waals surface area contributed by atoms with E-state index in [4.69, 9.17) is 42.6 Å². The Morgan fingerprint density at radius 1 is 0.470 bits per heavy atom. The summed E-state index contributed by atoms with van der Waals surface area (Å²) in [6.07, 6.45) is -0.779. The van der Waals surface area contributed by atoms with Crippen LogP contribution in [0.1, 0.15) is 87.1 Å². The summed E-state index contributed by atoms with van der Waals surface area (Å²) in [5.41, 5.74) is 3.30. The summed E-state index contributed by atoms with van der Waals surface area (Å²) in [4.78, 5) is 0. The molecule has 0 radical (unpaired) electrons. The van der Waals surface area contributed by atoms with Gasteiger partial charge in [0.1, 0.15) is 42.2 Å². The predicted molar refractivity (Wildman–Crippen MR) is 254 cm³/mol. The average molecular weight is 903 g/mol. The van der Waals surface area contributed by atoms with Crippen molar-refractivity contribution in [2.45, 2.75) is 153 Å². The Labute approximate surface area is 392 Å². The van der Waals surface area contributed by atoms with Gasteiger partial charge in [-0.1, -0.05) is 191 Å². The van der Waals surface area contributed by atoms with Crippen LogP contribution >= 0.6 is 0 Å². The highest BCUT2D eigenvalue weighted by molar-refractivity contribution is 5.17. The van der Waals surface area contributed by atoms with E-state index in [0.29, 0.717) is 26.4 Å². The minimum atomic E-state index is -1.68. The molecule has 10 atom stereocenters. The molecule has 2 heterocycles. The monoisotopic (exact) mass is 902 g/mol. The van der Waals surface area contributed by atoms with Gasteiger partial charge in [-0.05, 0) is 48.1 Å². The summed E-state index contributed by atoms with van der Waals surface area (Å²) in [5, 5.41) is 13.1. The predicted octanol–water partition coefficient (Wildman–Crippen LogP) is 10.5. The Bertz CT molecular complexity index is 2040. The molecule has 5 aromatic rings. The van der Waals surface area contributed by atoms with Gasteiger partial charge in [-0.15, -0.1) is 0 Å². The molecule has 0 aromatic heterocycles. The summed E-state index contributed by atoms with van der Waals surface area (Å²) >= 11 is 0. The van der Waals surface area contributed by atoms with Crippen LogP contribution in [0.2, 0.25) is 0 Å². The Balaban J connectivity index is 1.20. The van der Waals surface area contributed by atoms with Gasteiger partial charge < -0.3 is 47.7 Å². The first kappa shape index (κ1) is 49.6. The third-order valence-electron chi connectivity index (χ3n) is 12.4. The normalized spacial score (nSPS) is 26.6. The maximum atomic E-state index is 13.1. The molecule has 0 bridgehead atoms. The summed E-state index contributed by atoms with van der Waals surface area (Å²) < 4.78 is 61.0. The van der Waals surface area contributed by atoms with Crippen LogP contribution in [0.15, 0.2) is 152 Å². The molecule has 1 N–H and O–H groups in total. The van der Waals surface area contributed by atoms with Gasteiger partial charge in [0.15, 0.2) is 12.6 Å². The largest absolute Gasteiger partial charge is 0.384 e. The fourth-order valence-electron chi connectivity index (χ4n) is 8.69. The van der Waals surface area contributed by atoms with E-state index >= 15 is 0 Å². The van der Waals surface area contributed by atoms with Crippen molar-refractivity contribution in [1.29, 1.82) is 0 Å². The van der Waals surface area contributed by atoms with Gasteiger partial charge >= 0.3 is 0 Å². The first-order valence-corrected chi connectivity index (χ1v) is 23.9. The lowest BCUT2D eigenvalue weighted by molar-refractivity contribution is -0.392. The van der Waals surface area contributed by atoms with E-state index in [9.17, 15) is 5.11 Å². The topological polar surface area (TPSA) is 103 Å². The van der Waals surface area contributed by atoms with Crippen LogP contribution in [-0.2, 0) is 75.7 Å². The molecule has 2 fully saturated rings. The van der Waals surface area contributed by atoms with Crippen molar-refractivity contribution in [3.63, 3.8) is 0 Å². The number of hydrogen-bond acceptors (Lipinski definition) is 10. The highest BCUT2D eigenvalue weighted by Crippen LogP contribution is 2.39. The maximum Gasteiger partial charge on any atom is 0.187 e. The zero-order valence-corrected chi connectivity index (χ0v) is 38.9. The molecule has 2 aliphatic heterocycles. The number of rotatable bonds is 26. The van der Waals surface area contributed by atoms with Crippen molar-refractivity contribution in [3.8, 4) is 0 Å². The molecule has 354 valence electrons. The van der Waals surface area contributed by atoms with E-state index in [0.717, 1.165) is 47.1 Å². The number of unbranched alkanes of at least 4 members (excludes halogenated alkanes) is 5. The van der Waals surface area contributed by atoms with E-state index in [1.165, 1.54) is 19.3 Å². The van der Waals surface area contributed by atoms with Crippen LogP contribution in [0.5, 0.6) is 0 Å². The number of benzene rings is 5. The number of hydrogen-bond donors (Lipinski definition) is 1. The van der Waals surface area contributed by atoms with Gasteiger partial charge in [0.05, 0.1) is 45.7 Å². The minimum absolute atomic E-state index is 0.143. The second-order valence-electron chi connectivity index (χ2n) is 17.7. The molecule has 0 spiro atoms. The van der Waals surface area contributed by atoms with Crippen molar-refractivity contribution in [1.82, 2.24) is 0 Å². The molecule has 5 aromatic carbocycles. The molecule has 10 nitrogen and oxygen atoms in total. The first-order valence-electron chi connectivity index (χ1n) is 23.9. The van der Waals surface area contributed by atoms with Crippen LogP contribution in [0.25, 0.3) is 0 Å². The Morgan fingerprint density at radius 2 is 0.909 bits per heavy atom.